The molecule has 0 atom stereocenters. The maximum absolute atomic E-state index is 7.47. The third-order valence-electron chi connectivity index (χ3n) is 8.16. The summed E-state index contributed by atoms with van der Waals surface area (Å²) in [6, 6.07) is 53.2. The van der Waals surface area contributed by atoms with E-state index in [1.54, 1.807) is 0 Å². The second-order valence-corrected chi connectivity index (χ2v) is 10.5. The quantitative estimate of drug-likeness (QED) is 0.158. The fraction of sp³-hybridized carbons (Fsp3) is 0. The van der Waals surface area contributed by atoms with Crippen LogP contribution in [0.1, 0.15) is 0 Å². The van der Waals surface area contributed by atoms with Gasteiger partial charge < -0.3 is 9.47 Å². The Morgan fingerprint density at radius 1 is 0.500 bits per heavy atom. The Labute approximate surface area is 244 Å². The highest BCUT2D eigenvalue weighted by molar-refractivity contribution is 6.26. The SMILES string of the molecule is [C-]#[N+]c1ccc(N(c2ccc(-c3ccccc3)cc2)c2ccc3c4c2ccc2cccc(c24)n3-c2ccccc2)cc1. The third-order valence-corrected chi connectivity index (χ3v) is 8.16. The van der Waals surface area contributed by atoms with Crippen molar-refractivity contribution in [2.75, 3.05) is 4.90 Å². The van der Waals surface area contributed by atoms with Crippen LogP contribution < -0.4 is 4.90 Å². The molecule has 8 aromatic rings. The van der Waals surface area contributed by atoms with Crippen LogP contribution in [0.3, 0.4) is 0 Å². The van der Waals surface area contributed by atoms with Crippen LogP contribution in [0.15, 0.2) is 152 Å². The zero-order valence-corrected chi connectivity index (χ0v) is 22.8. The van der Waals surface area contributed by atoms with E-state index in [0.29, 0.717) is 5.69 Å². The molecule has 0 bridgehead atoms. The van der Waals surface area contributed by atoms with Gasteiger partial charge in [-0.3, -0.25) is 0 Å². The van der Waals surface area contributed by atoms with Crippen LogP contribution >= 0.6 is 0 Å². The van der Waals surface area contributed by atoms with Crippen LogP contribution in [-0.2, 0) is 0 Å². The van der Waals surface area contributed by atoms with Crippen LogP contribution in [0, 0.1) is 6.57 Å². The van der Waals surface area contributed by atoms with E-state index in [4.69, 9.17) is 6.57 Å². The van der Waals surface area contributed by atoms with E-state index in [0.717, 1.165) is 22.7 Å². The molecule has 0 fully saturated rings. The molecule has 0 saturated carbocycles. The number of nitrogens with zero attached hydrogens (tertiary/aromatic N) is 3. The van der Waals surface area contributed by atoms with E-state index < -0.39 is 0 Å². The van der Waals surface area contributed by atoms with Crippen molar-refractivity contribution in [3.8, 4) is 16.8 Å². The highest BCUT2D eigenvalue weighted by Gasteiger charge is 2.22. The monoisotopic (exact) mass is 535 g/mol. The highest BCUT2D eigenvalue weighted by atomic mass is 15.1. The van der Waals surface area contributed by atoms with Crippen LogP contribution in [0.2, 0.25) is 0 Å². The van der Waals surface area contributed by atoms with Crippen molar-refractivity contribution in [1.82, 2.24) is 4.57 Å². The Bertz CT molecular complexity index is 2220. The minimum absolute atomic E-state index is 0.630. The predicted octanol–water partition coefficient (Wildman–Crippen LogP) is 11.1. The van der Waals surface area contributed by atoms with Crippen molar-refractivity contribution in [2.45, 2.75) is 0 Å². The lowest BCUT2D eigenvalue weighted by Crippen LogP contribution is -2.10. The van der Waals surface area contributed by atoms with Crippen LogP contribution in [0.4, 0.5) is 22.7 Å². The summed E-state index contributed by atoms with van der Waals surface area (Å²) in [5, 5.41) is 4.95. The molecule has 3 heteroatoms. The van der Waals surface area contributed by atoms with Gasteiger partial charge in [0.15, 0.2) is 5.69 Å². The molecule has 0 N–H and O–H groups in total. The zero-order chi connectivity index (χ0) is 28.0. The van der Waals surface area contributed by atoms with Gasteiger partial charge >= 0.3 is 0 Å². The first kappa shape index (κ1) is 24.0. The van der Waals surface area contributed by atoms with Crippen LogP contribution in [0.5, 0.6) is 0 Å². The molecule has 0 radical (unpaired) electrons. The maximum atomic E-state index is 7.47. The number of anilines is 3. The first-order chi connectivity index (χ1) is 20.8. The molecule has 0 aliphatic heterocycles. The standard InChI is InChI=1S/C39H25N3/c1-40-30-18-22-33(23-19-30)41(32-20-15-28(16-21-32)27-9-4-2-5-10-27)35-25-26-37-39-34(35)24-17-29-11-8-14-36(38(29)39)42(37)31-12-6-3-7-13-31/h2-26H. The van der Waals surface area contributed by atoms with Gasteiger partial charge in [0.05, 0.1) is 23.3 Å². The minimum Gasteiger partial charge on any atom is -0.310 e. The first-order valence-corrected chi connectivity index (χ1v) is 14.1. The average molecular weight is 536 g/mol. The Hall–Kier alpha value is -5.85. The Morgan fingerprint density at radius 3 is 1.86 bits per heavy atom. The smallest absolute Gasteiger partial charge is 0.187 e. The second kappa shape index (κ2) is 9.66. The molecule has 0 spiro atoms. The molecule has 42 heavy (non-hydrogen) atoms. The van der Waals surface area contributed by atoms with E-state index >= 15 is 0 Å². The highest BCUT2D eigenvalue weighted by Crippen LogP contribution is 2.46. The molecule has 1 aromatic heterocycles. The summed E-state index contributed by atoms with van der Waals surface area (Å²) in [4.78, 5) is 5.93. The summed E-state index contributed by atoms with van der Waals surface area (Å²) in [6.07, 6.45) is 0. The summed E-state index contributed by atoms with van der Waals surface area (Å²) in [7, 11) is 0. The minimum atomic E-state index is 0.630. The lowest BCUT2D eigenvalue weighted by Gasteiger charge is -2.27. The largest absolute Gasteiger partial charge is 0.310 e. The van der Waals surface area contributed by atoms with Gasteiger partial charge in [0.1, 0.15) is 0 Å². The summed E-state index contributed by atoms with van der Waals surface area (Å²) < 4.78 is 2.37. The normalized spacial score (nSPS) is 11.3. The zero-order valence-electron chi connectivity index (χ0n) is 22.8. The molecule has 1 heterocycles. The number of hydrogen-bond acceptors (Lipinski definition) is 1. The van der Waals surface area contributed by atoms with Crippen molar-refractivity contribution in [3.63, 3.8) is 0 Å². The Balaban J connectivity index is 1.38. The topological polar surface area (TPSA) is 12.5 Å². The molecule has 0 saturated heterocycles. The van der Waals surface area contributed by atoms with Crippen LogP contribution in [-0.4, -0.2) is 4.57 Å². The van der Waals surface area contributed by atoms with Crippen molar-refractivity contribution in [2.24, 2.45) is 0 Å². The predicted molar refractivity (Wildman–Crippen MR) is 176 cm³/mol. The molecule has 0 aliphatic carbocycles. The van der Waals surface area contributed by atoms with E-state index in [-0.39, 0.29) is 0 Å². The van der Waals surface area contributed by atoms with Crippen molar-refractivity contribution in [3.05, 3.63) is 163 Å². The fourth-order valence-electron chi connectivity index (χ4n) is 6.26. The first-order valence-electron chi connectivity index (χ1n) is 14.1. The van der Waals surface area contributed by atoms with Gasteiger partial charge in [0.25, 0.3) is 0 Å². The number of rotatable bonds is 5. The van der Waals surface area contributed by atoms with Gasteiger partial charge in [-0.1, -0.05) is 97.1 Å². The summed E-state index contributed by atoms with van der Waals surface area (Å²) >= 11 is 0. The average Bonchev–Trinajstić information content (AvgIpc) is 3.41. The third kappa shape index (κ3) is 3.74. The molecule has 0 amide bonds. The number of hydrogen-bond donors (Lipinski definition) is 0. The van der Waals surface area contributed by atoms with E-state index in [2.05, 4.69) is 136 Å². The van der Waals surface area contributed by atoms with E-state index in [1.807, 2.05) is 30.3 Å². The van der Waals surface area contributed by atoms with Crippen LogP contribution in [0.25, 0.3) is 54.2 Å². The number of benzene rings is 7. The summed E-state index contributed by atoms with van der Waals surface area (Å²) in [5.41, 5.74) is 9.72. The van der Waals surface area contributed by atoms with Crippen molar-refractivity contribution in [1.29, 1.82) is 0 Å². The Morgan fingerprint density at radius 2 is 1.14 bits per heavy atom. The fourth-order valence-corrected chi connectivity index (χ4v) is 6.26. The molecule has 0 unspecified atom stereocenters. The van der Waals surface area contributed by atoms with Gasteiger partial charge in [0.2, 0.25) is 0 Å². The van der Waals surface area contributed by atoms with Crippen molar-refractivity contribution < 1.29 is 0 Å². The lowest BCUT2D eigenvalue weighted by atomic mass is 9.99. The van der Waals surface area contributed by atoms with E-state index in [9.17, 15) is 0 Å². The van der Waals surface area contributed by atoms with Gasteiger partial charge in [-0.15, -0.1) is 0 Å². The molecule has 0 aliphatic rings. The van der Waals surface area contributed by atoms with Gasteiger partial charge in [-0.25, -0.2) is 4.85 Å². The summed E-state index contributed by atoms with van der Waals surface area (Å²) in [6.45, 7) is 7.47. The second-order valence-electron chi connectivity index (χ2n) is 10.5. The molecular formula is C39H25N3. The molecular weight excluding hydrogens is 510 g/mol. The van der Waals surface area contributed by atoms with Gasteiger partial charge in [-0.2, -0.15) is 0 Å². The summed E-state index contributed by atoms with van der Waals surface area (Å²) in [5.74, 6) is 0. The molecule has 7 aromatic carbocycles. The lowest BCUT2D eigenvalue weighted by molar-refractivity contribution is 1.18. The van der Waals surface area contributed by atoms with Gasteiger partial charge in [0, 0.05) is 33.2 Å². The molecule has 8 rings (SSSR count). The van der Waals surface area contributed by atoms with E-state index in [1.165, 1.54) is 43.7 Å². The molecule has 196 valence electrons. The molecule has 3 nitrogen and oxygen atoms in total. The van der Waals surface area contributed by atoms with Crippen molar-refractivity contribution >= 4 is 55.3 Å². The Kier molecular flexibility index (Phi) is 5.52. The van der Waals surface area contributed by atoms with Gasteiger partial charge in [-0.05, 0) is 71.1 Å². The number of aromatic nitrogens is 1. The maximum Gasteiger partial charge on any atom is 0.187 e. The number of para-hydroxylation sites is 1.